The number of carboxylic acid groups (broad SMARTS) is 1. The molecule has 1 amide bonds. The van der Waals surface area contributed by atoms with Gasteiger partial charge < -0.3 is 10.4 Å². The molecule has 0 atom stereocenters. The summed E-state index contributed by atoms with van der Waals surface area (Å²) < 4.78 is 76.9. The maximum absolute atomic E-state index is 12.8. The van der Waals surface area contributed by atoms with Gasteiger partial charge in [-0.3, -0.25) is 9.59 Å². The molecule has 0 bridgehead atoms. The van der Waals surface area contributed by atoms with Crippen molar-refractivity contribution < 1.29 is 41.0 Å². The van der Waals surface area contributed by atoms with Crippen LogP contribution in [0.2, 0.25) is 0 Å². The molecule has 2 rings (SSSR count). The second kappa shape index (κ2) is 6.23. The number of carbonyl (C=O) groups is 2. The summed E-state index contributed by atoms with van der Waals surface area (Å²) in [4.78, 5) is 23.0. The van der Waals surface area contributed by atoms with Gasteiger partial charge in [0, 0.05) is 5.56 Å². The van der Waals surface area contributed by atoms with E-state index in [1.165, 1.54) is 0 Å². The first-order chi connectivity index (χ1) is 11.3. The molecule has 1 aliphatic rings. The highest BCUT2D eigenvalue weighted by molar-refractivity contribution is 5.95. The zero-order chi connectivity index (χ0) is 19.0. The van der Waals surface area contributed by atoms with Gasteiger partial charge in [-0.05, 0) is 37.5 Å². The molecule has 1 saturated carbocycles. The van der Waals surface area contributed by atoms with Crippen molar-refractivity contribution in [3.05, 3.63) is 34.9 Å². The van der Waals surface area contributed by atoms with E-state index in [4.69, 9.17) is 5.11 Å². The van der Waals surface area contributed by atoms with Crippen LogP contribution in [0.4, 0.5) is 26.3 Å². The molecule has 10 heteroatoms. The van der Waals surface area contributed by atoms with Gasteiger partial charge in [0.1, 0.15) is 0 Å². The third-order valence-corrected chi connectivity index (χ3v) is 4.03. The Morgan fingerprint density at radius 2 is 1.48 bits per heavy atom. The number of benzene rings is 1. The lowest BCUT2D eigenvalue weighted by Gasteiger charge is -2.41. The number of rotatable bonds is 4. The number of hydrogen-bond acceptors (Lipinski definition) is 2. The lowest BCUT2D eigenvalue weighted by atomic mass is 9.74. The highest BCUT2D eigenvalue weighted by atomic mass is 19.4. The third-order valence-electron chi connectivity index (χ3n) is 4.03. The summed E-state index contributed by atoms with van der Waals surface area (Å²) in [7, 11) is 0. The van der Waals surface area contributed by atoms with E-state index >= 15 is 0 Å². The Hall–Kier alpha value is -2.26. The maximum atomic E-state index is 12.8. The van der Waals surface area contributed by atoms with Gasteiger partial charge in [-0.1, -0.05) is 0 Å². The van der Waals surface area contributed by atoms with Gasteiger partial charge in [-0.25, -0.2) is 0 Å². The lowest BCUT2D eigenvalue weighted by Crippen LogP contribution is -2.54. The first-order valence-corrected chi connectivity index (χ1v) is 7.16. The number of halogens is 6. The van der Waals surface area contributed by atoms with E-state index in [2.05, 4.69) is 5.32 Å². The van der Waals surface area contributed by atoms with Crippen LogP contribution in [0.3, 0.4) is 0 Å². The van der Waals surface area contributed by atoms with E-state index in [9.17, 15) is 35.9 Å². The summed E-state index contributed by atoms with van der Waals surface area (Å²) in [5.41, 5.74) is -5.17. The minimum Gasteiger partial charge on any atom is -0.481 e. The number of alkyl halides is 6. The highest BCUT2D eigenvalue weighted by Crippen LogP contribution is 2.38. The summed E-state index contributed by atoms with van der Waals surface area (Å²) in [5, 5.41) is 11.1. The van der Waals surface area contributed by atoms with E-state index in [1.54, 1.807) is 0 Å². The summed E-state index contributed by atoms with van der Waals surface area (Å²) in [6, 6.07) is 0.558. The van der Waals surface area contributed by atoms with Crippen molar-refractivity contribution in [3.63, 3.8) is 0 Å². The number of hydrogen-bond donors (Lipinski definition) is 2. The van der Waals surface area contributed by atoms with Crippen LogP contribution in [-0.4, -0.2) is 22.5 Å². The molecule has 0 saturated heterocycles. The number of carbonyl (C=O) groups excluding carboxylic acids is 1. The van der Waals surface area contributed by atoms with Gasteiger partial charge in [-0.2, -0.15) is 26.3 Å². The van der Waals surface area contributed by atoms with Crippen LogP contribution in [0.15, 0.2) is 18.2 Å². The normalized spacial score (nSPS) is 16.9. The average Bonchev–Trinajstić information content (AvgIpc) is 2.42. The summed E-state index contributed by atoms with van der Waals surface area (Å²) >= 11 is 0. The molecular formula is C15H13F6NO3. The quantitative estimate of drug-likeness (QED) is 0.793. The zero-order valence-electron chi connectivity index (χ0n) is 12.6. The largest absolute Gasteiger partial charge is 0.481 e. The van der Waals surface area contributed by atoms with Crippen molar-refractivity contribution in [1.82, 2.24) is 5.32 Å². The van der Waals surface area contributed by atoms with Gasteiger partial charge in [0.05, 0.1) is 23.1 Å². The number of carboxylic acids is 1. The van der Waals surface area contributed by atoms with Gasteiger partial charge in [0.15, 0.2) is 0 Å². The van der Waals surface area contributed by atoms with Crippen LogP contribution in [0.1, 0.15) is 47.2 Å². The van der Waals surface area contributed by atoms with Gasteiger partial charge in [-0.15, -0.1) is 0 Å². The van der Waals surface area contributed by atoms with Gasteiger partial charge in [0.2, 0.25) is 0 Å². The molecule has 1 aromatic carbocycles. The van der Waals surface area contributed by atoms with Crippen molar-refractivity contribution in [3.8, 4) is 0 Å². The monoisotopic (exact) mass is 369 g/mol. The van der Waals surface area contributed by atoms with Crippen molar-refractivity contribution in [2.45, 2.75) is 43.6 Å². The molecule has 0 spiro atoms. The molecule has 0 radical (unpaired) electrons. The molecule has 1 fully saturated rings. The molecule has 0 aromatic heterocycles. The van der Waals surface area contributed by atoms with E-state index in [-0.39, 0.29) is 18.9 Å². The Morgan fingerprint density at radius 3 is 1.80 bits per heavy atom. The average molecular weight is 369 g/mol. The summed E-state index contributed by atoms with van der Waals surface area (Å²) in [6.45, 7) is 0. The smallest absolute Gasteiger partial charge is 0.416 e. The lowest BCUT2D eigenvalue weighted by molar-refractivity contribution is -0.143. The second-order valence-corrected chi connectivity index (χ2v) is 5.95. The van der Waals surface area contributed by atoms with Crippen molar-refractivity contribution in [2.75, 3.05) is 0 Å². The van der Waals surface area contributed by atoms with Crippen LogP contribution < -0.4 is 5.32 Å². The minimum atomic E-state index is -5.06. The highest BCUT2D eigenvalue weighted by Gasteiger charge is 2.42. The first-order valence-electron chi connectivity index (χ1n) is 7.16. The van der Waals surface area contributed by atoms with Crippen molar-refractivity contribution in [2.24, 2.45) is 0 Å². The van der Waals surface area contributed by atoms with Gasteiger partial charge in [0.25, 0.3) is 5.91 Å². The molecule has 138 valence electrons. The summed E-state index contributed by atoms with van der Waals surface area (Å²) in [5.74, 6) is -2.39. The van der Waals surface area contributed by atoms with Crippen molar-refractivity contribution in [1.29, 1.82) is 0 Å². The van der Waals surface area contributed by atoms with E-state index in [1.807, 2.05) is 0 Å². The molecule has 0 unspecified atom stereocenters. The Labute approximate surface area is 137 Å². The van der Waals surface area contributed by atoms with Crippen LogP contribution in [-0.2, 0) is 17.1 Å². The van der Waals surface area contributed by atoms with E-state index in [0.717, 1.165) is 0 Å². The van der Waals surface area contributed by atoms with Crippen LogP contribution in [0.5, 0.6) is 0 Å². The third kappa shape index (κ3) is 4.43. The van der Waals surface area contributed by atoms with E-state index < -0.39 is 52.9 Å². The molecule has 0 heterocycles. The van der Waals surface area contributed by atoms with E-state index in [0.29, 0.717) is 18.6 Å². The molecular weight excluding hydrogens is 356 g/mol. The minimum absolute atomic E-state index is 0.0762. The van der Waals surface area contributed by atoms with Crippen LogP contribution in [0, 0.1) is 0 Å². The number of amides is 1. The van der Waals surface area contributed by atoms with Crippen LogP contribution >= 0.6 is 0 Å². The maximum Gasteiger partial charge on any atom is 0.416 e. The second-order valence-electron chi connectivity index (χ2n) is 5.95. The Bertz CT molecular complexity index is 659. The fourth-order valence-corrected chi connectivity index (χ4v) is 2.64. The molecule has 4 nitrogen and oxygen atoms in total. The zero-order valence-corrected chi connectivity index (χ0v) is 12.6. The standard InChI is InChI=1S/C15H13F6NO3/c16-14(17,18)9-4-8(5-10(6-9)15(19,20)21)12(25)22-13(2-1-3-13)7-11(23)24/h4-6H,1-3,7H2,(H,22,25)(H,23,24). The van der Waals surface area contributed by atoms with Crippen molar-refractivity contribution >= 4 is 11.9 Å². The Balaban J connectivity index is 2.37. The predicted octanol–water partition coefficient (Wildman–Crippen LogP) is 3.85. The Kier molecular flexibility index (Phi) is 4.75. The molecule has 0 aliphatic heterocycles. The first kappa shape index (κ1) is 19.1. The molecule has 25 heavy (non-hydrogen) atoms. The van der Waals surface area contributed by atoms with Gasteiger partial charge >= 0.3 is 18.3 Å². The SMILES string of the molecule is O=C(O)CC1(NC(=O)c2cc(C(F)(F)F)cc(C(F)(F)F)c2)CCC1. The number of aliphatic carboxylic acids is 1. The fraction of sp³-hybridized carbons (Fsp3) is 0.467. The molecule has 1 aliphatic carbocycles. The Morgan fingerprint density at radius 1 is 1.00 bits per heavy atom. The van der Waals surface area contributed by atoms with Crippen LogP contribution in [0.25, 0.3) is 0 Å². The molecule has 2 N–H and O–H groups in total. The topological polar surface area (TPSA) is 66.4 Å². The predicted molar refractivity (Wildman–Crippen MR) is 72.7 cm³/mol. The summed E-state index contributed by atoms with van der Waals surface area (Å²) in [6.07, 6.45) is -9.41. The number of nitrogens with one attached hydrogen (secondary N) is 1. The fourth-order valence-electron chi connectivity index (χ4n) is 2.64. The molecule has 1 aromatic rings.